The largest absolute Gasteiger partial charge is 0.464 e. The second kappa shape index (κ2) is 4.16. The number of nitrogens with two attached hydrogens (primary N) is 2. The first-order valence-electron chi connectivity index (χ1n) is 5.68. The van der Waals surface area contributed by atoms with Crippen LogP contribution in [0, 0.1) is 0 Å². The van der Waals surface area contributed by atoms with Gasteiger partial charge in [0.15, 0.2) is 0 Å². The summed E-state index contributed by atoms with van der Waals surface area (Å²) in [5.74, 6) is 0. The number of nitrogen functional groups attached to an aromatic ring is 1. The van der Waals surface area contributed by atoms with Crippen LogP contribution in [0.4, 0.5) is 5.69 Å². The maximum Gasteiger partial charge on any atom is 0.134 e. The zero-order valence-corrected chi connectivity index (χ0v) is 9.71. The molecule has 0 saturated heterocycles. The highest BCUT2D eigenvalue weighted by Crippen LogP contribution is 2.30. The minimum atomic E-state index is -0.331. The first kappa shape index (κ1) is 10.8. The summed E-state index contributed by atoms with van der Waals surface area (Å²) in [6.07, 6.45) is 5.03. The van der Waals surface area contributed by atoms with E-state index in [1.165, 1.54) is 0 Å². The summed E-state index contributed by atoms with van der Waals surface area (Å²) in [7, 11) is 0. The molecule has 0 amide bonds. The third-order valence-corrected chi connectivity index (χ3v) is 3.07. The van der Waals surface area contributed by atoms with Gasteiger partial charge in [0.2, 0.25) is 0 Å². The summed E-state index contributed by atoms with van der Waals surface area (Å²) >= 11 is 0. The quantitative estimate of drug-likeness (QED) is 0.720. The molecule has 1 atom stereocenters. The monoisotopic (exact) mass is 239 g/mol. The number of anilines is 1. The van der Waals surface area contributed by atoms with E-state index in [-0.39, 0.29) is 6.04 Å². The molecule has 1 unspecified atom stereocenters. The molecule has 0 aliphatic heterocycles. The summed E-state index contributed by atoms with van der Waals surface area (Å²) in [5, 5.41) is 1.01. The highest BCUT2D eigenvalue weighted by Gasteiger charge is 2.17. The van der Waals surface area contributed by atoms with Gasteiger partial charge >= 0.3 is 0 Å². The van der Waals surface area contributed by atoms with Crippen molar-refractivity contribution >= 4 is 16.7 Å². The number of pyridine rings is 1. The van der Waals surface area contributed by atoms with Crippen LogP contribution in [0.2, 0.25) is 0 Å². The van der Waals surface area contributed by atoms with E-state index in [0.29, 0.717) is 5.69 Å². The molecule has 18 heavy (non-hydrogen) atoms. The van der Waals surface area contributed by atoms with E-state index in [1.807, 2.05) is 24.3 Å². The van der Waals surface area contributed by atoms with Gasteiger partial charge in [0, 0.05) is 34.6 Å². The van der Waals surface area contributed by atoms with Crippen LogP contribution in [-0.4, -0.2) is 4.98 Å². The lowest BCUT2D eigenvalue weighted by Gasteiger charge is -2.12. The van der Waals surface area contributed by atoms with Crippen molar-refractivity contribution < 1.29 is 4.42 Å². The van der Waals surface area contributed by atoms with Crippen LogP contribution in [0.25, 0.3) is 11.0 Å². The Balaban J connectivity index is 2.13. The van der Waals surface area contributed by atoms with E-state index in [4.69, 9.17) is 15.9 Å². The number of hydrogen-bond donors (Lipinski definition) is 2. The van der Waals surface area contributed by atoms with E-state index in [1.54, 1.807) is 24.7 Å². The lowest BCUT2D eigenvalue weighted by molar-refractivity contribution is 0.607. The number of aromatic nitrogens is 1. The molecule has 3 aromatic rings. The second-order valence-corrected chi connectivity index (χ2v) is 4.17. The lowest BCUT2D eigenvalue weighted by Crippen LogP contribution is -2.13. The Morgan fingerprint density at radius 1 is 1.11 bits per heavy atom. The molecule has 0 spiro atoms. The molecule has 4 nitrogen and oxygen atoms in total. The molecule has 4 N–H and O–H groups in total. The summed E-state index contributed by atoms with van der Waals surface area (Å²) in [6.45, 7) is 0. The first-order valence-corrected chi connectivity index (χ1v) is 5.68. The predicted molar refractivity (Wildman–Crippen MR) is 70.9 cm³/mol. The SMILES string of the molecule is Nc1ccncc1C(N)c1coc2ccccc12. The van der Waals surface area contributed by atoms with Crippen LogP contribution in [-0.2, 0) is 0 Å². The van der Waals surface area contributed by atoms with Crippen molar-refractivity contribution in [3.63, 3.8) is 0 Å². The minimum Gasteiger partial charge on any atom is -0.464 e. The van der Waals surface area contributed by atoms with Gasteiger partial charge in [-0.25, -0.2) is 0 Å². The fourth-order valence-electron chi connectivity index (χ4n) is 2.08. The van der Waals surface area contributed by atoms with Gasteiger partial charge in [0.1, 0.15) is 5.58 Å². The van der Waals surface area contributed by atoms with E-state index >= 15 is 0 Å². The van der Waals surface area contributed by atoms with Gasteiger partial charge in [-0.15, -0.1) is 0 Å². The third-order valence-electron chi connectivity index (χ3n) is 3.07. The van der Waals surface area contributed by atoms with Gasteiger partial charge in [-0.2, -0.15) is 0 Å². The molecule has 0 radical (unpaired) electrons. The van der Waals surface area contributed by atoms with E-state index < -0.39 is 0 Å². The Bertz CT molecular complexity index is 690. The van der Waals surface area contributed by atoms with Crippen molar-refractivity contribution in [3.05, 3.63) is 60.1 Å². The zero-order valence-electron chi connectivity index (χ0n) is 9.71. The van der Waals surface area contributed by atoms with Gasteiger partial charge in [-0.1, -0.05) is 18.2 Å². The third kappa shape index (κ3) is 1.63. The number of nitrogens with zero attached hydrogens (tertiary/aromatic N) is 1. The molecule has 2 aromatic heterocycles. The second-order valence-electron chi connectivity index (χ2n) is 4.17. The van der Waals surface area contributed by atoms with Crippen molar-refractivity contribution in [1.29, 1.82) is 0 Å². The Labute approximate surface area is 104 Å². The molecule has 4 heteroatoms. The molecule has 0 aliphatic carbocycles. The van der Waals surface area contributed by atoms with Gasteiger partial charge < -0.3 is 15.9 Å². The van der Waals surface area contributed by atoms with Crippen molar-refractivity contribution in [3.8, 4) is 0 Å². The van der Waals surface area contributed by atoms with Crippen LogP contribution in [0.1, 0.15) is 17.2 Å². The molecule has 0 fully saturated rings. The van der Waals surface area contributed by atoms with Crippen LogP contribution < -0.4 is 11.5 Å². The molecule has 0 aliphatic rings. The molecule has 0 bridgehead atoms. The highest BCUT2D eigenvalue weighted by molar-refractivity contribution is 5.82. The van der Waals surface area contributed by atoms with Crippen molar-refractivity contribution in [2.45, 2.75) is 6.04 Å². The highest BCUT2D eigenvalue weighted by atomic mass is 16.3. The van der Waals surface area contributed by atoms with Gasteiger partial charge in [0.05, 0.1) is 12.3 Å². The summed E-state index contributed by atoms with van der Waals surface area (Å²) < 4.78 is 5.49. The lowest BCUT2D eigenvalue weighted by atomic mass is 9.99. The molecule has 90 valence electrons. The van der Waals surface area contributed by atoms with Crippen LogP contribution in [0.15, 0.2) is 53.4 Å². The number of rotatable bonds is 2. The number of benzene rings is 1. The van der Waals surface area contributed by atoms with E-state index in [0.717, 1.165) is 22.1 Å². The predicted octanol–water partition coefficient (Wildman–Crippen LogP) is 2.46. The van der Waals surface area contributed by atoms with Gasteiger partial charge in [-0.3, -0.25) is 4.98 Å². The van der Waals surface area contributed by atoms with Crippen molar-refractivity contribution in [2.24, 2.45) is 5.73 Å². The Morgan fingerprint density at radius 2 is 1.94 bits per heavy atom. The topological polar surface area (TPSA) is 78.1 Å². The maximum absolute atomic E-state index is 6.25. The smallest absolute Gasteiger partial charge is 0.134 e. The molecular formula is C14H13N3O. The number of hydrogen-bond acceptors (Lipinski definition) is 4. The molecular weight excluding hydrogens is 226 g/mol. The Hall–Kier alpha value is -2.33. The van der Waals surface area contributed by atoms with E-state index in [9.17, 15) is 0 Å². The van der Waals surface area contributed by atoms with Gasteiger partial charge in [-0.05, 0) is 12.1 Å². The first-order chi connectivity index (χ1) is 8.77. The summed E-state index contributed by atoms with van der Waals surface area (Å²) in [5.41, 5.74) is 15.4. The van der Waals surface area contributed by atoms with Crippen LogP contribution in [0.5, 0.6) is 0 Å². The Kier molecular flexibility index (Phi) is 2.50. The van der Waals surface area contributed by atoms with Crippen molar-refractivity contribution in [2.75, 3.05) is 5.73 Å². The van der Waals surface area contributed by atoms with Gasteiger partial charge in [0.25, 0.3) is 0 Å². The minimum absolute atomic E-state index is 0.331. The number of fused-ring (bicyclic) bond motifs is 1. The fourth-order valence-corrected chi connectivity index (χ4v) is 2.08. The van der Waals surface area contributed by atoms with Crippen molar-refractivity contribution in [1.82, 2.24) is 4.98 Å². The summed E-state index contributed by atoms with van der Waals surface area (Å²) in [4.78, 5) is 4.07. The van der Waals surface area contributed by atoms with E-state index in [2.05, 4.69) is 4.98 Å². The normalized spacial score (nSPS) is 12.7. The molecule has 3 rings (SSSR count). The Morgan fingerprint density at radius 3 is 2.78 bits per heavy atom. The maximum atomic E-state index is 6.25. The standard InChI is InChI=1S/C14H13N3O/c15-12-5-6-17-7-10(12)14(16)11-8-18-13-4-2-1-3-9(11)13/h1-8,14H,16H2,(H2,15,17). The number of para-hydroxylation sites is 1. The summed E-state index contributed by atoms with van der Waals surface area (Å²) in [6, 6.07) is 9.21. The fraction of sp³-hybridized carbons (Fsp3) is 0.0714. The zero-order chi connectivity index (χ0) is 12.5. The average molecular weight is 239 g/mol. The van der Waals surface area contributed by atoms with Crippen LogP contribution >= 0.6 is 0 Å². The van der Waals surface area contributed by atoms with Crippen LogP contribution in [0.3, 0.4) is 0 Å². The molecule has 1 aromatic carbocycles. The average Bonchev–Trinajstić information content (AvgIpc) is 2.82. The molecule has 0 saturated carbocycles. The molecule has 2 heterocycles. The number of furan rings is 1.